The number of rotatable bonds is 2. The predicted molar refractivity (Wildman–Crippen MR) is 59.1 cm³/mol. The number of aromatic hydroxyl groups is 1. The van der Waals surface area contributed by atoms with E-state index in [2.05, 4.69) is 14.8 Å². The van der Waals surface area contributed by atoms with Gasteiger partial charge in [-0.05, 0) is 19.1 Å². The fraction of sp³-hybridized carbons (Fsp3) is 0.182. The van der Waals surface area contributed by atoms with Gasteiger partial charge < -0.3 is 9.84 Å². The molecule has 0 unspecified atom stereocenters. The summed E-state index contributed by atoms with van der Waals surface area (Å²) in [5, 5.41) is 13.7. The molecule has 2 aromatic heterocycles. The minimum absolute atomic E-state index is 0.0233. The van der Waals surface area contributed by atoms with E-state index in [1.807, 2.05) is 0 Å². The van der Waals surface area contributed by atoms with Gasteiger partial charge in [-0.1, -0.05) is 0 Å². The first-order chi connectivity index (χ1) is 8.11. The summed E-state index contributed by atoms with van der Waals surface area (Å²) >= 11 is 0. The molecular formula is C11H11N3O3. The number of hydrogen-bond donors (Lipinski definition) is 1. The monoisotopic (exact) mass is 233 g/mol. The van der Waals surface area contributed by atoms with Crippen LogP contribution in [0.2, 0.25) is 0 Å². The molecular weight excluding hydrogens is 222 g/mol. The summed E-state index contributed by atoms with van der Waals surface area (Å²) < 4.78 is 5.87. The molecule has 0 aliphatic heterocycles. The van der Waals surface area contributed by atoms with Gasteiger partial charge in [0.15, 0.2) is 0 Å². The van der Waals surface area contributed by atoms with Crippen molar-refractivity contribution in [1.29, 1.82) is 0 Å². The van der Waals surface area contributed by atoms with E-state index in [1.165, 1.54) is 30.1 Å². The maximum atomic E-state index is 11.2. The number of aryl methyl sites for hydroxylation is 1. The minimum atomic E-state index is -0.502. The van der Waals surface area contributed by atoms with Gasteiger partial charge >= 0.3 is 5.97 Å². The molecule has 6 heteroatoms. The lowest BCUT2D eigenvalue weighted by molar-refractivity contribution is 0.0594. The van der Waals surface area contributed by atoms with E-state index in [0.717, 1.165) is 0 Å². The van der Waals surface area contributed by atoms with E-state index in [9.17, 15) is 9.90 Å². The van der Waals surface area contributed by atoms with Gasteiger partial charge in [0.1, 0.15) is 5.69 Å². The summed E-state index contributed by atoms with van der Waals surface area (Å²) in [7, 11) is 1.29. The van der Waals surface area contributed by atoms with Crippen LogP contribution < -0.4 is 0 Å². The molecule has 0 amide bonds. The highest BCUT2D eigenvalue weighted by Crippen LogP contribution is 2.16. The molecule has 0 aliphatic rings. The Hall–Kier alpha value is -2.37. The lowest BCUT2D eigenvalue weighted by Gasteiger charge is -2.03. The summed E-state index contributed by atoms with van der Waals surface area (Å²) in [5.41, 5.74) is 1.47. The van der Waals surface area contributed by atoms with E-state index in [4.69, 9.17) is 0 Å². The number of esters is 1. The first kappa shape index (κ1) is 11.1. The summed E-state index contributed by atoms with van der Waals surface area (Å²) in [5.74, 6) is -0.479. The third-order valence-electron chi connectivity index (χ3n) is 2.20. The first-order valence-corrected chi connectivity index (χ1v) is 4.92. The molecule has 6 nitrogen and oxygen atoms in total. The highest BCUT2D eigenvalue weighted by Gasteiger charge is 2.09. The van der Waals surface area contributed by atoms with Crippen LogP contribution in [0.4, 0.5) is 0 Å². The van der Waals surface area contributed by atoms with Crippen LogP contribution in [0.3, 0.4) is 0 Å². The van der Waals surface area contributed by atoms with Gasteiger partial charge in [0.25, 0.3) is 0 Å². The molecule has 1 N–H and O–H groups in total. The predicted octanol–water partition coefficient (Wildman–Crippen LogP) is 1.07. The molecule has 0 spiro atoms. The number of hydrogen-bond acceptors (Lipinski definition) is 5. The largest absolute Gasteiger partial charge is 0.493 e. The second-order valence-corrected chi connectivity index (χ2v) is 3.45. The Balaban J connectivity index is 2.35. The third kappa shape index (κ3) is 2.10. The lowest BCUT2D eigenvalue weighted by Crippen LogP contribution is -2.05. The van der Waals surface area contributed by atoms with E-state index in [0.29, 0.717) is 11.4 Å². The Labute approximate surface area is 97.5 Å². The highest BCUT2D eigenvalue weighted by atomic mass is 16.5. The molecule has 0 bridgehead atoms. The number of carbonyl (C=O) groups is 1. The van der Waals surface area contributed by atoms with Gasteiger partial charge in [-0.15, -0.1) is 0 Å². The van der Waals surface area contributed by atoms with Crippen molar-refractivity contribution in [2.24, 2.45) is 0 Å². The van der Waals surface area contributed by atoms with Gasteiger partial charge in [-0.2, -0.15) is 9.78 Å². The van der Waals surface area contributed by atoms with Crippen molar-refractivity contribution in [1.82, 2.24) is 14.8 Å². The van der Waals surface area contributed by atoms with Gasteiger partial charge in [0.2, 0.25) is 5.88 Å². The van der Waals surface area contributed by atoms with Crippen molar-refractivity contribution in [2.75, 3.05) is 7.11 Å². The molecule has 0 radical (unpaired) electrons. The minimum Gasteiger partial charge on any atom is -0.493 e. The van der Waals surface area contributed by atoms with Crippen LogP contribution in [0.1, 0.15) is 16.2 Å². The number of ether oxygens (including phenoxy) is 1. The lowest BCUT2D eigenvalue weighted by atomic mass is 10.3. The summed E-state index contributed by atoms with van der Waals surface area (Å²) in [6.07, 6.45) is 1.44. The van der Waals surface area contributed by atoms with E-state index >= 15 is 0 Å². The van der Waals surface area contributed by atoms with Crippen LogP contribution >= 0.6 is 0 Å². The summed E-state index contributed by atoms with van der Waals surface area (Å²) in [6.45, 7) is 1.77. The summed E-state index contributed by atoms with van der Waals surface area (Å²) in [4.78, 5) is 15.1. The third-order valence-corrected chi connectivity index (χ3v) is 2.20. The van der Waals surface area contributed by atoms with Crippen LogP contribution in [0.25, 0.3) is 5.69 Å². The fourth-order valence-electron chi connectivity index (χ4n) is 1.41. The smallest absolute Gasteiger partial charge is 0.356 e. The van der Waals surface area contributed by atoms with Crippen molar-refractivity contribution in [3.05, 3.63) is 35.8 Å². The Morgan fingerprint density at radius 2 is 2.24 bits per heavy atom. The molecule has 0 aliphatic carbocycles. The van der Waals surface area contributed by atoms with Crippen molar-refractivity contribution < 1.29 is 14.6 Å². The normalized spacial score (nSPS) is 10.2. The molecule has 0 aromatic carbocycles. The quantitative estimate of drug-likeness (QED) is 0.785. The van der Waals surface area contributed by atoms with Gasteiger partial charge in [0, 0.05) is 6.07 Å². The molecule has 88 valence electrons. The molecule has 0 saturated carbocycles. The zero-order valence-corrected chi connectivity index (χ0v) is 9.41. The zero-order valence-electron chi connectivity index (χ0n) is 9.41. The topological polar surface area (TPSA) is 77.2 Å². The molecule has 0 atom stereocenters. The van der Waals surface area contributed by atoms with Crippen LogP contribution in [0.5, 0.6) is 5.88 Å². The number of aromatic nitrogens is 3. The van der Waals surface area contributed by atoms with E-state index in [1.54, 1.807) is 13.0 Å². The van der Waals surface area contributed by atoms with Crippen LogP contribution in [-0.4, -0.2) is 33.0 Å². The SMILES string of the molecule is COC(=O)c1ccc(-n2nc(C)cc2O)cn1. The van der Waals surface area contributed by atoms with E-state index < -0.39 is 5.97 Å². The molecule has 2 rings (SSSR count). The Bertz CT molecular complexity index is 546. The zero-order chi connectivity index (χ0) is 12.4. The average molecular weight is 233 g/mol. The van der Waals surface area contributed by atoms with Gasteiger partial charge in [-0.25, -0.2) is 9.78 Å². The molecule has 0 fully saturated rings. The number of methoxy groups -OCH3 is 1. The van der Waals surface area contributed by atoms with Gasteiger partial charge in [0.05, 0.1) is 24.7 Å². The maximum Gasteiger partial charge on any atom is 0.356 e. The Morgan fingerprint density at radius 3 is 2.71 bits per heavy atom. The van der Waals surface area contributed by atoms with Crippen LogP contribution in [-0.2, 0) is 4.74 Å². The number of nitrogens with zero attached hydrogens (tertiary/aromatic N) is 3. The van der Waals surface area contributed by atoms with Crippen molar-refractivity contribution in [3.63, 3.8) is 0 Å². The van der Waals surface area contributed by atoms with Crippen LogP contribution in [0.15, 0.2) is 24.4 Å². The van der Waals surface area contributed by atoms with Crippen molar-refractivity contribution in [2.45, 2.75) is 6.92 Å². The number of carbonyl (C=O) groups excluding carboxylic acids is 1. The standard InChI is InChI=1S/C11H11N3O3/c1-7-5-10(15)14(13-7)8-3-4-9(12-6-8)11(16)17-2/h3-6,15H,1-2H3. The Kier molecular flexibility index (Phi) is 2.78. The van der Waals surface area contributed by atoms with E-state index in [-0.39, 0.29) is 11.6 Å². The Morgan fingerprint density at radius 1 is 1.47 bits per heavy atom. The molecule has 0 saturated heterocycles. The molecule has 2 aromatic rings. The average Bonchev–Trinajstić information content (AvgIpc) is 2.68. The molecule has 2 heterocycles. The number of pyridine rings is 1. The molecule has 17 heavy (non-hydrogen) atoms. The fourth-order valence-corrected chi connectivity index (χ4v) is 1.41. The second kappa shape index (κ2) is 4.25. The van der Waals surface area contributed by atoms with Crippen molar-refractivity contribution >= 4 is 5.97 Å². The first-order valence-electron chi connectivity index (χ1n) is 4.92. The second-order valence-electron chi connectivity index (χ2n) is 3.45. The summed E-state index contributed by atoms with van der Waals surface area (Å²) in [6, 6.07) is 4.68. The van der Waals surface area contributed by atoms with Gasteiger partial charge in [-0.3, -0.25) is 0 Å². The van der Waals surface area contributed by atoms with Crippen molar-refractivity contribution in [3.8, 4) is 11.6 Å². The van der Waals surface area contributed by atoms with Crippen LogP contribution in [0, 0.1) is 6.92 Å². The highest BCUT2D eigenvalue weighted by molar-refractivity contribution is 5.87. The maximum absolute atomic E-state index is 11.2.